The first-order valence-electron chi connectivity index (χ1n) is 8.55. The van der Waals surface area contributed by atoms with Gasteiger partial charge in [0.15, 0.2) is 0 Å². The van der Waals surface area contributed by atoms with Crippen molar-refractivity contribution in [1.82, 2.24) is 35.5 Å². The van der Waals surface area contributed by atoms with E-state index in [-0.39, 0.29) is 29.4 Å². The summed E-state index contributed by atoms with van der Waals surface area (Å²) < 4.78 is 1.55. The number of anilines is 1. The van der Waals surface area contributed by atoms with E-state index in [1.54, 1.807) is 4.68 Å². The zero-order valence-corrected chi connectivity index (χ0v) is 14.4. The van der Waals surface area contributed by atoms with Crippen LogP contribution in [-0.4, -0.2) is 42.1 Å². The number of tetrazole rings is 1. The van der Waals surface area contributed by atoms with Gasteiger partial charge in [-0.05, 0) is 41.0 Å². The van der Waals surface area contributed by atoms with Gasteiger partial charge >= 0.3 is 0 Å². The molecule has 10 nitrogen and oxygen atoms in total. The Bertz CT molecular complexity index is 991. The van der Waals surface area contributed by atoms with Crippen LogP contribution in [0.1, 0.15) is 30.0 Å². The van der Waals surface area contributed by atoms with Crippen molar-refractivity contribution in [3.05, 3.63) is 58.3 Å². The zero-order valence-electron chi connectivity index (χ0n) is 14.4. The molecule has 0 unspecified atom stereocenters. The fraction of sp³-hybridized carbons (Fsp3) is 0.294. The molecule has 27 heavy (non-hydrogen) atoms. The second kappa shape index (κ2) is 6.98. The van der Waals surface area contributed by atoms with E-state index < -0.39 is 0 Å². The Hall–Kier alpha value is -3.56. The van der Waals surface area contributed by atoms with Crippen molar-refractivity contribution in [3.8, 4) is 5.69 Å². The van der Waals surface area contributed by atoms with E-state index in [1.807, 2.05) is 24.3 Å². The lowest BCUT2D eigenvalue weighted by Crippen LogP contribution is -2.44. The number of hydrogen-bond donors (Lipinski definition) is 3. The quantitative estimate of drug-likeness (QED) is 0.573. The maximum Gasteiger partial charge on any atom is 0.252 e. The summed E-state index contributed by atoms with van der Waals surface area (Å²) in [6, 6.07) is 9.03. The second-order valence-corrected chi connectivity index (χ2v) is 6.59. The summed E-state index contributed by atoms with van der Waals surface area (Å²) >= 11 is 0. The number of aromatic nitrogens is 6. The molecule has 1 aromatic carbocycles. The topological polar surface area (TPSA) is 144 Å². The highest BCUT2D eigenvalue weighted by Gasteiger charge is 2.32. The Kier molecular flexibility index (Phi) is 4.37. The molecule has 0 saturated heterocycles. The highest BCUT2D eigenvalue weighted by atomic mass is 16.1. The van der Waals surface area contributed by atoms with Gasteiger partial charge in [-0.3, -0.25) is 14.6 Å². The van der Waals surface area contributed by atoms with Crippen LogP contribution in [0, 0.1) is 0 Å². The van der Waals surface area contributed by atoms with E-state index in [4.69, 9.17) is 5.73 Å². The molecular formula is C17H18N8O2. The largest absolute Gasteiger partial charge is 0.369 e. The second-order valence-electron chi connectivity index (χ2n) is 6.59. The number of hydrogen-bond acceptors (Lipinski definition) is 7. The average Bonchev–Trinajstić information content (AvgIpc) is 3.12. The van der Waals surface area contributed by atoms with E-state index >= 15 is 0 Å². The minimum Gasteiger partial charge on any atom is -0.369 e. The van der Waals surface area contributed by atoms with Crippen molar-refractivity contribution in [2.24, 2.45) is 0 Å². The Labute approximate surface area is 153 Å². The third kappa shape index (κ3) is 3.84. The molecule has 1 fully saturated rings. The third-order valence-corrected chi connectivity index (χ3v) is 4.62. The summed E-state index contributed by atoms with van der Waals surface area (Å²) in [4.78, 5) is 30.3. The van der Waals surface area contributed by atoms with Gasteiger partial charge in [0.2, 0.25) is 11.9 Å². The number of nitrogens with zero attached hydrogens (tertiary/aromatic N) is 5. The average molecular weight is 366 g/mol. The van der Waals surface area contributed by atoms with Crippen LogP contribution in [0.5, 0.6) is 0 Å². The first kappa shape index (κ1) is 16.9. The summed E-state index contributed by atoms with van der Waals surface area (Å²) in [5.74, 6) is 0.234. The first-order chi connectivity index (χ1) is 13.1. The van der Waals surface area contributed by atoms with Gasteiger partial charge < -0.3 is 11.1 Å². The number of H-pyrrole nitrogens is 1. The fourth-order valence-electron chi connectivity index (χ4n) is 3.19. The molecule has 1 saturated carbocycles. The number of benzene rings is 1. The lowest BCUT2D eigenvalue weighted by molar-refractivity contribution is -0.121. The molecule has 0 radical (unpaired) electrons. The van der Waals surface area contributed by atoms with Gasteiger partial charge in [0.05, 0.1) is 17.8 Å². The number of nitrogens with two attached hydrogens (primary N) is 1. The van der Waals surface area contributed by atoms with Gasteiger partial charge in [0.1, 0.15) is 6.33 Å². The van der Waals surface area contributed by atoms with Gasteiger partial charge in [-0.25, -0.2) is 9.67 Å². The minimum atomic E-state index is -0.255. The zero-order chi connectivity index (χ0) is 18.8. The Morgan fingerprint density at radius 1 is 1.30 bits per heavy atom. The van der Waals surface area contributed by atoms with E-state index in [0.717, 1.165) is 24.1 Å². The summed E-state index contributed by atoms with van der Waals surface area (Å²) in [5, 5.41) is 14.0. The van der Waals surface area contributed by atoms with E-state index in [1.165, 1.54) is 12.4 Å². The Balaban J connectivity index is 1.29. The molecule has 0 aliphatic heterocycles. The molecule has 3 aromatic rings. The van der Waals surface area contributed by atoms with Gasteiger partial charge in [-0.15, -0.1) is 5.10 Å². The molecule has 4 N–H and O–H groups in total. The number of rotatable bonds is 5. The normalized spacial score (nSPS) is 18.7. The minimum absolute atomic E-state index is 0.0352. The van der Waals surface area contributed by atoms with Crippen molar-refractivity contribution in [1.29, 1.82) is 0 Å². The molecule has 4 rings (SSSR count). The number of aromatic amines is 1. The highest BCUT2D eigenvalue weighted by Crippen LogP contribution is 2.35. The van der Waals surface area contributed by atoms with E-state index in [0.29, 0.717) is 12.1 Å². The summed E-state index contributed by atoms with van der Waals surface area (Å²) in [5.41, 5.74) is 7.73. The monoisotopic (exact) mass is 366 g/mol. The molecule has 0 spiro atoms. The van der Waals surface area contributed by atoms with Crippen LogP contribution < -0.4 is 16.6 Å². The molecule has 1 aliphatic rings. The number of carbonyl (C=O) groups excluding carboxylic acids is 1. The van der Waals surface area contributed by atoms with Crippen LogP contribution in [0.3, 0.4) is 0 Å². The van der Waals surface area contributed by atoms with Crippen LogP contribution in [0.4, 0.5) is 5.95 Å². The molecule has 10 heteroatoms. The van der Waals surface area contributed by atoms with Gasteiger partial charge in [0, 0.05) is 18.0 Å². The van der Waals surface area contributed by atoms with E-state index in [9.17, 15) is 9.59 Å². The highest BCUT2D eigenvalue weighted by molar-refractivity contribution is 5.79. The van der Waals surface area contributed by atoms with Crippen molar-refractivity contribution in [2.75, 3.05) is 5.73 Å². The number of nitrogen functional groups attached to an aromatic ring is 1. The van der Waals surface area contributed by atoms with Crippen LogP contribution in [-0.2, 0) is 11.2 Å². The Morgan fingerprint density at radius 3 is 2.74 bits per heavy atom. The summed E-state index contributed by atoms with van der Waals surface area (Å²) in [6.45, 7) is 0. The smallest absolute Gasteiger partial charge is 0.252 e. The predicted molar refractivity (Wildman–Crippen MR) is 96.0 cm³/mol. The molecule has 0 atom stereocenters. The maximum absolute atomic E-state index is 12.2. The lowest BCUT2D eigenvalue weighted by atomic mass is 9.78. The van der Waals surface area contributed by atoms with Gasteiger partial charge in [0.25, 0.3) is 5.56 Å². The van der Waals surface area contributed by atoms with Crippen molar-refractivity contribution in [3.63, 3.8) is 0 Å². The van der Waals surface area contributed by atoms with Crippen molar-refractivity contribution < 1.29 is 4.79 Å². The number of nitrogens with one attached hydrogen (secondary N) is 2. The molecular weight excluding hydrogens is 348 g/mol. The standard InChI is InChI=1S/C17H18N8O2/c18-17-21-14(8-16(27)22-17)11-6-12(7-11)20-15(26)5-10-1-3-13(4-2-10)25-9-19-23-24-25/h1-4,8-9,11-12H,5-7H2,(H,20,26)(H3,18,21,22,27). The molecule has 1 aliphatic carbocycles. The fourth-order valence-corrected chi connectivity index (χ4v) is 3.19. The lowest BCUT2D eigenvalue weighted by Gasteiger charge is -2.35. The van der Waals surface area contributed by atoms with Crippen LogP contribution in [0.2, 0.25) is 0 Å². The van der Waals surface area contributed by atoms with Crippen LogP contribution in [0.15, 0.2) is 41.5 Å². The maximum atomic E-state index is 12.2. The summed E-state index contributed by atoms with van der Waals surface area (Å²) in [7, 11) is 0. The number of carbonyl (C=O) groups is 1. The first-order valence-corrected chi connectivity index (χ1v) is 8.55. The summed E-state index contributed by atoms with van der Waals surface area (Å²) in [6.07, 6.45) is 3.31. The van der Waals surface area contributed by atoms with Crippen molar-refractivity contribution >= 4 is 11.9 Å². The van der Waals surface area contributed by atoms with Gasteiger partial charge in [-0.2, -0.15) is 0 Å². The predicted octanol–water partition coefficient (Wildman–Crippen LogP) is -0.0673. The number of amides is 1. The molecule has 1 amide bonds. The molecule has 2 heterocycles. The molecule has 2 aromatic heterocycles. The van der Waals surface area contributed by atoms with E-state index in [2.05, 4.69) is 30.8 Å². The van der Waals surface area contributed by atoms with Crippen molar-refractivity contribution in [2.45, 2.75) is 31.2 Å². The third-order valence-electron chi connectivity index (χ3n) is 4.62. The molecule has 138 valence electrons. The van der Waals surface area contributed by atoms with Crippen LogP contribution in [0.25, 0.3) is 5.69 Å². The van der Waals surface area contributed by atoms with Crippen LogP contribution >= 0.6 is 0 Å². The van der Waals surface area contributed by atoms with Gasteiger partial charge in [-0.1, -0.05) is 12.1 Å². The molecule has 0 bridgehead atoms. The Morgan fingerprint density at radius 2 is 2.07 bits per heavy atom. The SMILES string of the molecule is Nc1nc(C2CC(NC(=O)Cc3ccc(-n4cnnn4)cc3)C2)cc(=O)[nH]1.